The van der Waals surface area contributed by atoms with Crippen molar-refractivity contribution in [2.45, 2.75) is 12.8 Å². The first-order valence-electron chi connectivity index (χ1n) is 4.81. The molecule has 0 radical (unpaired) electrons. The zero-order valence-electron chi connectivity index (χ0n) is 8.48. The lowest BCUT2D eigenvalue weighted by Gasteiger charge is -1.93. The van der Waals surface area contributed by atoms with E-state index in [0.29, 0.717) is 29.6 Å². The number of benzene rings is 1. The third-order valence-electron chi connectivity index (χ3n) is 2.05. The minimum absolute atomic E-state index is 0.558. The summed E-state index contributed by atoms with van der Waals surface area (Å²) in [7, 11) is 0. The summed E-state index contributed by atoms with van der Waals surface area (Å²) in [5.41, 5.74) is 0.875. The summed E-state index contributed by atoms with van der Waals surface area (Å²) in [6.07, 6.45) is 6.36. The Morgan fingerprint density at radius 2 is 2.06 bits per heavy atom. The molecule has 0 N–H and O–H groups in total. The van der Waals surface area contributed by atoms with Gasteiger partial charge in [0.05, 0.1) is 0 Å². The summed E-state index contributed by atoms with van der Waals surface area (Å²) < 4.78 is 5.06. The SMILES string of the molecule is C#CCCc1nc(-c2ccc(Cl)cc2)no1. The molecule has 4 heteroatoms. The standard InChI is InChI=1S/C12H9ClN2O/c1-2-3-4-11-14-12(15-16-11)9-5-7-10(13)8-6-9/h1,5-8H,3-4H2. The number of halogens is 1. The maximum absolute atomic E-state index is 5.79. The number of aryl methyl sites for hydroxylation is 1. The third kappa shape index (κ3) is 2.41. The van der Waals surface area contributed by atoms with Gasteiger partial charge in [-0.05, 0) is 24.3 Å². The van der Waals surface area contributed by atoms with Crippen molar-refractivity contribution >= 4 is 11.6 Å². The zero-order chi connectivity index (χ0) is 11.4. The molecule has 3 nitrogen and oxygen atoms in total. The van der Waals surface area contributed by atoms with Gasteiger partial charge in [-0.2, -0.15) is 4.98 Å². The second-order valence-electron chi connectivity index (χ2n) is 3.22. The molecule has 80 valence electrons. The van der Waals surface area contributed by atoms with Crippen LogP contribution in [0.4, 0.5) is 0 Å². The molecule has 0 aliphatic carbocycles. The van der Waals surface area contributed by atoms with Gasteiger partial charge in [0.25, 0.3) is 0 Å². The molecule has 0 saturated heterocycles. The number of hydrogen-bond donors (Lipinski definition) is 0. The van der Waals surface area contributed by atoms with Crippen molar-refractivity contribution in [2.75, 3.05) is 0 Å². The first kappa shape index (κ1) is 10.7. The van der Waals surface area contributed by atoms with Gasteiger partial charge in [0, 0.05) is 23.4 Å². The van der Waals surface area contributed by atoms with E-state index in [2.05, 4.69) is 16.1 Å². The predicted molar refractivity (Wildman–Crippen MR) is 61.9 cm³/mol. The molecule has 1 heterocycles. The molecular formula is C12H9ClN2O. The lowest BCUT2D eigenvalue weighted by Crippen LogP contribution is -1.84. The van der Waals surface area contributed by atoms with Gasteiger partial charge in [-0.15, -0.1) is 12.3 Å². The zero-order valence-corrected chi connectivity index (χ0v) is 9.24. The Morgan fingerprint density at radius 1 is 1.31 bits per heavy atom. The summed E-state index contributed by atoms with van der Waals surface area (Å²) in [4.78, 5) is 4.23. The van der Waals surface area contributed by atoms with E-state index < -0.39 is 0 Å². The van der Waals surface area contributed by atoms with E-state index in [-0.39, 0.29) is 0 Å². The molecule has 0 amide bonds. The Hall–Kier alpha value is -1.79. The minimum Gasteiger partial charge on any atom is -0.339 e. The van der Waals surface area contributed by atoms with Crippen LogP contribution in [0.1, 0.15) is 12.3 Å². The Morgan fingerprint density at radius 3 is 2.75 bits per heavy atom. The Kier molecular flexibility index (Phi) is 3.23. The van der Waals surface area contributed by atoms with Crippen LogP contribution >= 0.6 is 11.6 Å². The molecule has 0 fully saturated rings. The van der Waals surface area contributed by atoms with Crippen LogP contribution in [0.3, 0.4) is 0 Å². The van der Waals surface area contributed by atoms with E-state index >= 15 is 0 Å². The van der Waals surface area contributed by atoms with E-state index in [1.807, 2.05) is 12.1 Å². The van der Waals surface area contributed by atoms with Gasteiger partial charge in [-0.1, -0.05) is 16.8 Å². The highest BCUT2D eigenvalue weighted by molar-refractivity contribution is 6.30. The molecule has 0 bridgehead atoms. The minimum atomic E-state index is 0.558. The van der Waals surface area contributed by atoms with Crippen molar-refractivity contribution in [3.8, 4) is 23.7 Å². The van der Waals surface area contributed by atoms with Crippen molar-refractivity contribution in [2.24, 2.45) is 0 Å². The first-order chi connectivity index (χ1) is 7.79. The molecular weight excluding hydrogens is 224 g/mol. The number of rotatable bonds is 3. The molecule has 2 rings (SSSR count). The molecule has 0 saturated carbocycles. The van der Waals surface area contributed by atoms with Gasteiger partial charge in [0.2, 0.25) is 11.7 Å². The van der Waals surface area contributed by atoms with Gasteiger partial charge in [-0.25, -0.2) is 0 Å². The van der Waals surface area contributed by atoms with Crippen molar-refractivity contribution in [3.05, 3.63) is 35.2 Å². The Balaban J connectivity index is 2.18. The van der Waals surface area contributed by atoms with E-state index in [1.165, 1.54) is 0 Å². The fourth-order valence-electron chi connectivity index (χ4n) is 1.25. The summed E-state index contributed by atoms with van der Waals surface area (Å²) in [6.45, 7) is 0. The van der Waals surface area contributed by atoms with E-state index in [9.17, 15) is 0 Å². The summed E-state index contributed by atoms with van der Waals surface area (Å²) in [6, 6.07) is 7.26. The molecule has 1 aromatic heterocycles. The van der Waals surface area contributed by atoms with Crippen molar-refractivity contribution in [1.29, 1.82) is 0 Å². The first-order valence-corrected chi connectivity index (χ1v) is 5.19. The molecule has 0 unspecified atom stereocenters. The average molecular weight is 233 g/mol. The number of terminal acetylenes is 1. The van der Waals surface area contributed by atoms with Crippen LogP contribution in [-0.4, -0.2) is 10.1 Å². The van der Waals surface area contributed by atoms with Crippen LogP contribution < -0.4 is 0 Å². The van der Waals surface area contributed by atoms with Crippen LogP contribution in [-0.2, 0) is 6.42 Å². The largest absolute Gasteiger partial charge is 0.339 e. The number of nitrogens with zero attached hydrogens (tertiary/aromatic N) is 2. The van der Waals surface area contributed by atoms with Crippen molar-refractivity contribution < 1.29 is 4.52 Å². The van der Waals surface area contributed by atoms with Crippen LogP contribution in [0.5, 0.6) is 0 Å². The predicted octanol–water partition coefficient (Wildman–Crippen LogP) is 2.96. The second-order valence-corrected chi connectivity index (χ2v) is 3.66. The topological polar surface area (TPSA) is 38.9 Å². The molecule has 2 aromatic rings. The van der Waals surface area contributed by atoms with E-state index in [4.69, 9.17) is 22.5 Å². The summed E-state index contributed by atoms with van der Waals surface area (Å²) in [5.74, 6) is 3.64. The molecule has 1 aromatic carbocycles. The molecule has 0 atom stereocenters. The van der Waals surface area contributed by atoms with Crippen LogP contribution in [0.25, 0.3) is 11.4 Å². The van der Waals surface area contributed by atoms with Gasteiger partial charge < -0.3 is 4.52 Å². The monoisotopic (exact) mass is 232 g/mol. The quantitative estimate of drug-likeness (QED) is 0.764. The molecule has 0 aliphatic heterocycles. The fourth-order valence-corrected chi connectivity index (χ4v) is 1.38. The molecule has 0 aliphatic rings. The van der Waals surface area contributed by atoms with Crippen LogP contribution in [0.15, 0.2) is 28.8 Å². The maximum Gasteiger partial charge on any atom is 0.227 e. The fraction of sp³-hybridized carbons (Fsp3) is 0.167. The second kappa shape index (κ2) is 4.82. The third-order valence-corrected chi connectivity index (χ3v) is 2.31. The molecule has 16 heavy (non-hydrogen) atoms. The normalized spacial score (nSPS) is 10.0. The van der Waals surface area contributed by atoms with Crippen molar-refractivity contribution in [1.82, 2.24) is 10.1 Å². The lowest BCUT2D eigenvalue weighted by atomic mass is 10.2. The highest BCUT2D eigenvalue weighted by Gasteiger charge is 2.07. The maximum atomic E-state index is 5.79. The number of hydrogen-bond acceptors (Lipinski definition) is 3. The van der Waals surface area contributed by atoms with Gasteiger partial charge >= 0.3 is 0 Å². The summed E-state index contributed by atoms with van der Waals surface area (Å²) >= 11 is 5.79. The summed E-state index contributed by atoms with van der Waals surface area (Å²) in [5, 5.41) is 4.55. The van der Waals surface area contributed by atoms with Gasteiger partial charge in [0.15, 0.2) is 0 Å². The van der Waals surface area contributed by atoms with E-state index in [0.717, 1.165) is 5.56 Å². The van der Waals surface area contributed by atoms with E-state index in [1.54, 1.807) is 12.1 Å². The highest BCUT2D eigenvalue weighted by atomic mass is 35.5. The van der Waals surface area contributed by atoms with Crippen molar-refractivity contribution in [3.63, 3.8) is 0 Å². The van der Waals surface area contributed by atoms with Gasteiger partial charge in [-0.3, -0.25) is 0 Å². The van der Waals surface area contributed by atoms with Gasteiger partial charge in [0.1, 0.15) is 0 Å². The Bertz CT molecular complexity index is 511. The molecule has 0 spiro atoms. The number of aromatic nitrogens is 2. The average Bonchev–Trinajstić information content (AvgIpc) is 2.76. The van der Waals surface area contributed by atoms with Crippen LogP contribution in [0.2, 0.25) is 5.02 Å². The highest BCUT2D eigenvalue weighted by Crippen LogP contribution is 2.18. The van der Waals surface area contributed by atoms with Crippen LogP contribution in [0, 0.1) is 12.3 Å². The Labute approximate surface area is 98.4 Å². The smallest absolute Gasteiger partial charge is 0.227 e. The lowest BCUT2D eigenvalue weighted by molar-refractivity contribution is 0.380.